The van der Waals surface area contributed by atoms with Crippen LogP contribution < -0.4 is 0 Å². The molecule has 1 atom stereocenters. The average molecular weight is 308 g/mol. The van der Waals surface area contributed by atoms with Crippen molar-refractivity contribution in [2.45, 2.75) is 27.3 Å². The first kappa shape index (κ1) is 17.3. The maximum atomic E-state index is 10.6. The molecule has 2 aromatic carbocycles. The summed E-state index contributed by atoms with van der Waals surface area (Å²) in [7, 11) is 1.82. The van der Waals surface area contributed by atoms with Gasteiger partial charge in [-0.3, -0.25) is 0 Å². The fraction of sp³-hybridized carbons (Fsp3) is 0.333. The molecule has 2 rings (SSSR count). The molecule has 0 aliphatic heterocycles. The highest BCUT2D eigenvalue weighted by Gasteiger charge is 2.19. The number of rotatable bonds is 4. The molecule has 2 aromatic rings. The van der Waals surface area contributed by atoms with E-state index < -0.39 is 0 Å². The van der Waals surface area contributed by atoms with Crippen molar-refractivity contribution >= 4 is 10.8 Å². The predicted molar refractivity (Wildman–Crippen MR) is 96.9 cm³/mol. The van der Waals surface area contributed by atoms with Crippen LogP contribution in [0.25, 0.3) is 10.8 Å². The van der Waals surface area contributed by atoms with E-state index in [9.17, 15) is 5.21 Å². The molecule has 0 bridgehead atoms. The van der Waals surface area contributed by atoms with E-state index in [0.29, 0.717) is 13.1 Å². The number of quaternary nitrogens is 1. The van der Waals surface area contributed by atoms with Gasteiger partial charge in [0.05, 0.1) is 7.05 Å². The van der Waals surface area contributed by atoms with Crippen molar-refractivity contribution in [1.29, 1.82) is 0 Å². The summed E-state index contributed by atoms with van der Waals surface area (Å²) in [5.41, 5.74) is 1.16. The molecule has 0 aliphatic carbocycles. The smallest absolute Gasteiger partial charge is 0.135 e. The number of hydrogen-bond acceptors (Lipinski definition) is 1. The Morgan fingerprint density at radius 3 is 2.52 bits per heavy atom. The fourth-order valence-electron chi connectivity index (χ4n) is 2.46. The third-order valence-electron chi connectivity index (χ3n) is 3.54. The molecule has 23 heavy (non-hydrogen) atoms. The Morgan fingerprint density at radius 2 is 1.78 bits per heavy atom. The molecule has 1 N–H and O–H groups in total. The monoisotopic (exact) mass is 308 g/mol. The molecule has 0 aliphatic rings. The number of hydroxylamine groups is 3. The van der Waals surface area contributed by atoms with E-state index in [2.05, 4.69) is 56.9 Å². The highest BCUT2D eigenvalue weighted by molar-refractivity contribution is 5.85. The maximum Gasteiger partial charge on any atom is 0.135 e. The maximum absolute atomic E-state index is 10.6. The fourth-order valence-corrected chi connectivity index (χ4v) is 2.46. The molecule has 0 heterocycles. The van der Waals surface area contributed by atoms with E-state index in [4.69, 9.17) is 0 Å². The summed E-state index contributed by atoms with van der Waals surface area (Å²) in [6.45, 7) is 7.35. The predicted octanol–water partition coefficient (Wildman–Crippen LogP) is 4.78. The first-order chi connectivity index (χ1) is 10.8. The minimum Gasteiger partial charge on any atom is -0.217 e. The van der Waals surface area contributed by atoms with Crippen molar-refractivity contribution in [3.63, 3.8) is 0 Å². The van der Waals surface area contributed by atoms with E-state index in [1.54, 1.807) is 0 Å². The van der Waals surface area contributed by atoms with Crippen LogP contribution in [0.15, 0.2) is 54.6 Å². The van der Waals surface area contributed by atoms with Crippen molar-refractivity contribution in [3.05, 3.63) is 60.2 Å². The third-order valence-corrected chi connectivity index (χ3v) is 3.54. The molecule has 0 aromatic heterocycles. The molecule has 0 spiro atoms. The standard InChI is InChI=1S/C21H26NO/c1-21(2,3)15-8-5-9-16-22(4,23)17-19-13-10-12-18-11-6-7-14-20(18)19/h5-7,9-14,23H,16-17H2,1-4H3/q+1/b9-5+. The molecule has 0 radical (unpaired) electrons. The highest BCUT2D eigenvalue weighted by Crippen LogP contribution is 2.21. The minimum absolute atomic E-state index is 0.00463. The van der Waals surface area contributed by atoms with Crippen LogP contribution >= 0.6 is 0 Å². The summed E-state index contributed by atoms with van der Waals surface area (Å²) in [5.74, 6) is 6.20. The lowest BCUT2D eigenvalue weighted by molar-refractivity contribution is -1.09. The second-order valence-corrected chi connectivity index (χ2v) is 7.24. The van der Waals surface area contributed by atoms with Gasteiger partial charge in [0.25, 0.3) is 0 Å². The van der Waals surface area contributed by atoms with Gasteiger partial charge < -0.3 is 0 Å². The molecule has 1 unspecified atom stereocenters. The second kappa shape index (κ2) is 7.00. The number of allylic oxidation sites excluding steroid dienone is 1. The first-order valence-corrected chi connectivity index (χ1v) is 7.98. The number of fused-ring (bicyclic) bond motifs is 1. The first-order valence-electron chi connectivity index (χ1n) is 7.98. The van der Waals surface area contributed by atoms with Gasteiger partial charge in [-0.25, -0.2) is 5.21 Å². The van der Waals surface area contributed by atoms with Crippen molar-refractivity contribution in [2.24, 2.45) is 5.41 Å². The van der Waals surface area contributed by atoms with E-state index in [1.807, 2.05) is 37.4 Å². The summed E-state index contributed by atoms with van der Waals surface area (Å²) in [6.07, 6.45) is 3.77. The van der Waals surface area contributed by atoms with Crippen LogP contribution in [0.2, 0.25) is 0 Å². The Balaban J connectivity index is 2.08. The van der Waals surface area contributed by atoms with Gasteiger partial charge in [-0.15, -0.1) is 0 Å². The van der Waals surface area contributed by atoms with Gasteiger partial charge >= 0.3 is 0 Å². The van der Waals surface area contributed by atoms with E-state index in [1.165, 1.54) is 10.8 Å². The molecule has 0 saturated heterocycles. The van der Waals surface area contributed by atoms with Crippen LogP contribution in [0.3, 0.4) is 0 Å². The van der Waals surface area contributed by atoms with Crippen LogP contribution in [-0.4, -0.2) is 23.4 Å². The summed E-state index contributed by atoms with van der Waals surface area (Å²) in [6, 6.07) is 14.5. The van der Waals surface area contributed by atoms with Crippen LogP contribution in [0.5, 0.6) is 0 Å². The van der Waals surface area contributed by atoms with Gasteiger partial charge in [0, 0.05) is 11.0 Å². The zero-order chi connectivity index (χ0) is 16.9. The van der Waals surface area contributed by atoms with E-state index in [0.717, 1.165) is 5.56 Å². The lowest BCUT2D eigenvalue weighted by Crippen LogP contribution is -2.39. The number of likely N-dealkylation sites (N-methyl/N-ethyl adjacent to an activating group) is 1. The molecule has 0 amide bonds. The van der Waals surface area contributed by atoms with E-state index in [-0.39, 0.29) is 10.1 Å². The average Bonchev–Trinajstić information content (AvgIpc) is 2.45. The molecular formula is C21H26NO+. The van der Waals surface area contributed by atoms with Gasteiger partial charge in [-0.2, -0.15) is 4.65 Å². The Hall–Kier alpha value is -2.08. The Morgan fingerprint density at radius 1 is 1.09 bits per heavy atom. The zero-order valence-corrected chi connectivity index (χ0v) is 14.5. The van der Waals surface area contributed by atoms with Gasteiger partial charge in [0.2, 0.25) is 0 Å². The quantitative estimate of drug-likeness (QED) is 0.489. The molecule has 0 fully saturated rings. The molecule has 120 valence electrons. The van der Waals surface area contributed by atoms with Gasteiger partial charge in [-0.05, 0) is 43.7 Å². The Bertz CT molecular complexity index is 749. The van der Waals surface area contributed by atoms with Crippen LogP contribution in [-0.2, 0) is 6.54 Å². The van der Waals surface area contributed by atoms with Gasteiger partial charge in [0.15, 0.2) is 0 Å². The molecule has 2 nitrogen and oxygen atoms in total. The van der Waals surface area contributed by atoms with Crippen molar-refractivity contribution in [3.8, 4) is 11.8 Å². The lowest BCUT2D eigenvalue weighted by Gasteiger charge is -2.24. The normalized spacial score (nSPS) is 14.5. The van der Waals surface area contributed by atoms with Crippen LogP contribution in [0.1, 0.15) is 26.3 Å². The second-order valence-electron chi connectivity index (χ2n) is 7.24. The van der Waals surface area contributed by atoms with Crippen molar-refractivity contribution < 1.29 is 9.85 Å². The summed E-state index contributed by atoms with van der Waals surface area (Å²) in [5, 5.41) is 13.0. The third kappa shape index (κ3) is 5.56. The molecular weight excluding hydrogens is 282 g/mol. The zero-order valence-electron chi connectivity index (χ0n) is 14.5. The topological polar surface area (TPSA) is 20.2 Å². The lowest BCUT2D eigenvalue weighted by atomic mass is 9.98. The summed E-state index contributed by atoms with van der Waals surface area (Å²) < 4.78 is -0.0816. The number of benzene rings is 2. The SMILES string of the molecule is CC(C)(C)C#C/C=C/C[N+](C)(O)Cc1cccc2ccccc12. The van der Waals surface area contributed by atoms with Crippen molar-refractivity contribution in [2.75, 3.05) is 13.6 Å². The summed E-state index contributed by atoms with van der Waals surface area (Å²) in [4.78, 5) is 0. The largest absolute Gasteiger partial charge is 0.217 e. The van der Waals surface area contributed by atoms with Gasteiger partial charge in [-0.1, -0.05) is 54.3 Å². The molecule has 2 heteroatoms. The summed E-state index contributed by atoms with van der Waals surface area (Å²) >= 11 is 0. The van der Waals surface area contributed by atoms with Crippen LogP contribution in [0.4, 0.5) is 0 Å². The van der Waals surface area contributed by atoms with Crippen molar-refractivity contribution in [1.82, 2.24) is 0 Å². The Kier molecular flexibility index (Phi) is 5.26. The number of nitrogens with zero attached hydrogens (tertiary/aromatic N) is 1. The molecule has 0 saturated carbocycles. The van der Waals surface area contributed by atoms with Crippen LogP contribution in [0, 0.1) is 17.3 Å². The van der Waals surface area contributed by atoms with Gasteiger partial charge in [0.1, 0.15) is 13.1 Å². The Labute approximate surface area is 139 Å². The highest BCUT2D eigenvalue weighted by atomic mass is 16.5. The van der Waals surface area contributed by atoms with E-state index >= 15 is 0 Å². The number of hydrogen-bond donors (Lipinski definition) is 1. The minimum atomic E-state index is -0.0816.